The van der Waals surface area contributed by atoms with Gasteiger partial charge in [-0.05, 0) is 48.2 Å². The molecule has 0 aromatic heterocycles. The number of benzene rings is 2. The SMILES string of the molecule is CC(N)CC(=O)NCc1ccc(-c2ccc3c(c2)CC(C)O3)cc1.Cl. The second-order valence-corrected chi connectivity index (χ2v) is 6.61. The Labute approximate surface area is 155 Å². The molecule has 2 unspecified atom stereocenters. The summed E-state index contributed by atoms with van der Waals surface area (Å²) in [5, 5.41) is 2.89. The van der Waals surface area contributed by atoms with E-state index in [0.717, 1.165) is 17.7 Å². The van der Waals surface area contributed by atoms with Crippen LogP contribution in [0.4, 0.5) is 0 Å². The molecule has 2 aromatic carbocycles. The molecule has 2 atom stereocenters. The number of hydrogen-bond donors (Lipinski definition) is 2. The summed E-state index contributed by atoms with van der Waals surface area (Å²) in [7, 11) is 0. The van der Waals surface area contributed by atoms with Crippen LogP contribution in [0.3, 0.4) is 0 Å². The maximum Gasteiger partial charge on any atom is 0.221 e. The highest BCUT2D eigenvalue weighted by Crippen LogP contribution is 2.32. The van der Waals surface area contributed by atoms with Crippen LogP contribution in [0, 0.1) is 0 Å². The van der Waals surface area contributed by atoms with Gasteiger partial charge >= 0.3 is 0 Å². The van der Waals surface area contributed by atoms with Crippen LogP contribution in [0.1, 0.15) is 31.4 Å². The average molecular weight is 361 g/mol. The van der Waals surface area contributed by atoms with E-state index in [0.29, 0.717) is 13.0 Å². The summed E-state index contributed by atoms with van der Waals surface area (Å²) < 4.78 is 5.75. The lowest BCUT2D eigenvalue weighted by Gasteiger charge is -2.09. The Morgan fingerprint density at radius 3 is 2.60 bits per heavy atom. The minimum absolute atomic E-state index is 0. The molecule has 1 amide bonds. The topological polar surface area (TPSA) is 64.4 Å². The summed E-state index contributed by atoms with van der Waals surface area (Å²) in [6, 6.07) is 14.5. The van der Waals surface area contributed by atoms with Crippen LogP contribution in [0.5, 0.6) is 5.75 Å². The maximum absolute atomic E-state index is 11.6. The average Bonchev–Trinajstić information content (AvgIpc) is 2.92. The smallest absolute Gasteiger partial charge is 0.221 e. The highest BCUT2D eigenvalue weighted by Gasteiger charge is 2.19. The van der Waals surface area contributed by atoms with Gasteiger partial charge in [-0.3, -0.25) is 4.79 Å². The number of carbonyl (C=O) groups is 1. The summed E-state index contributed by atoms with van der Waals surface area (Å²) in [6.07, 6.45) is 1.58. The third-order valence-electron chi connectivity index (χ3n) is 4.18. The van der Waals surface area contributed by atoms with Gasteiger partial charge < -0.3 is 15.8 Å². The number of fused-ring (bicyclic) bond motifs is 1. The van der Waals surface area contributed by atoms with E-state index in [9.17, 15) is 4.79 Å². The Kier molecular flexibility index (Phi) is 6.45. The van der Waals surface area contributed by atoms with Gasteiger partial charge in [0.25, 0.3) is 0 Å². The number of carbonyl (C=O) groups excluding carboxylic acids is 1. The van der Waals surface area contributed by atoms with E-state index < -0.39 is 0 Å². The molecule has 0 saturated heterocycles. The number of amides is 1. The molecule has 25 heavy (non-hydrogen) atoms. The predicted octanol–water partition coefficient (Wildman–Crippen LogP) is 3.45. The van der Waals surface area contributed by atoms with Gasteiger partial charge in [0.05, 0.1) is 0 Å². The molecule has 3 rings (SSSR count). The first-order valence-electron chi connectivity index (χ1n) is 8.42. The Balaban J connectivity index is 0.00000225. The van der Waals surface area contributed by atoms with Crippen LogP contribution >= 0.6 is 12.4 Å². The molecule has 0 aliphatic carbocycles. The van der Waals surface area contributed by atoms with Crippen molar-refractivity contribution < 1.29 is 9.53 Å². The van der Waals surface area contributed by atoms with Crippen molar-refractivity contribution in [2.45, 2.75) is 45.4 Å². The molecule has 0 radical (unpaired) electrons. The van der Waals surface area contributed by atoms with Crippen LogP contribution in [0.15, 0.2) is 42.5 Å². The monoisotopic (exact) mass is 360 g/mol. The van der Waals surface area contributed by atoms with E-state index in [4.69, 9.17) is 10.5 Å². The first-order chi connectivity index (χ1) is 11.5. The molecule has 1 aliphatic rings. The molecule has 1 aliphatic heterocycles. The molecular weight excluding hydrogens is 336 g/mol. The van der Waals surface area contributed by atoms with E-state index in [2.05, 4.69) is 42.6 Å². The van der Waals surface area contributed by atoms with Gasteiger partial charge in [-0.15, -0.1) is 12.4 Å². The van der Waals surface area contributed by atoms with Gasteiger partial charge in [0, 0.05) is 25.4 Å². The van der Waals surface area contributed by atoms with Gasteiger partial charge in [0.1, 0.15) is 11.9 Å². The molecule has 0 saturated carbocycles. The second kappa shape index (κ2) is 8.37. The normalized spacial score (nSPS) is 16.4. The molecule has 2 aromatic rings. The van der Waals surface area contributed by atoms with E-state index in [-0.39, 0.29) is 30.5 Å². The summed E-state index contributed by atoms with van der Waals surface area (Å²) in [5.41, 5.74) is 10.3. The molecule has 5 heteroatoms. The second-order valence-electron chi connectivity index (χ2n) is 6.61. The molecule has 0 bridgehead atoms. The van der Waals surface area contributed by atoms with Crippen LogP contribution in [-0.4, -0.2) is 18.1 Å². The number of nitrogens with one attached hydrogen (secondary N) is 1. The highest BCUT2D eigenvalue weighted by molar-refractivity contribution is 5.85. The molecule has 1 heterocycles. The molecule has 4 nitrogen and oxygen atoms in total. The summed E-state index contributed by atoms with van der Waals surface area (Å²) in [6.45, 7) is 4.45. The molecule has 134 valence electrons. The fourth-order valence-corrected chi connectivity index (χ4v) is 2.98. The Hall–Kier alpha value is -2.04. The van der Waals surface area contributed by atoms with E-state index in [1.54, 1.807) is 0 Å². The summed E-state index contributed by atoms with van der Waals surface area (Å²) in [5.74, 6) is 0.988. The van der Waals surface area contributed by atoms with Crippen LogP contribution in [0.2, 0.25) is 0 Å². The first-order valence-corrected chi connectivity index (χ1v) is 8.42. The lowest BCUT2D eigenvalue weighted by atomic mass is 10.00. The first kappa shape index (κ1) is 19.3. The van der Waals surface area contributed by atoms with Crippen molar-refractivity contribution in [1.29, 1.82) is 0 Å². The fraction of sp³-hybridized carbons (Fsp3) is 0.350. The Bertz CT molecular complexity index is 729. The maximum atomic E-state index is 11.6. The number of hydrogen-bond acceptors (Lipinski definition) is 3. The molecule has 0 fully saturated rings. The Morgan fingerprint density at radius 2 is 1.92 bits per heavy atom. The minimum Gasteiger partial charge on any atom is -0.490 e. The van der Waals surface area contributed by atoms with Crippen molar-refractivity contribution in [3.63, 3.8) is 0 Å². The van der Waals surface area contributed by atoms with Gasteiger partial charge in [-0.2, -0.15) is 0 Å². The number of nitrogens with two attached hydrogens (primary N) is 1. The Morgan fingerprint density at radius 1 is 1.24 bits per heavy atom. The van der Waals surface area contributed by atoms with E-state index >= 15 is 0 Å². The van der Waals surface area contributed by atoms with E-state index in [1.807, 2.05) is 19.1 Å². The van der Waals surface area contributed by atoms with Crippen molar-refractivity contribution in [2.24, 2.45) is 5.73 Å². The number of ether oxygens (including phenoxy) is 1. The molecular formula is C20H25ClN2O2. The predicted molar refractivity (Wildman–Crippen MR) is 103 cm³/mol. The van der Waals surface area contributed by atoms with Gasteiger partial charge in [-0.25, -0.2) is 0 Å². The zero-order valence-electron chi connectivity index (χ0n) is 14.6. The van der Waals surface area contributed by atoms with Crippen molar-refractivity contribution in [3.8, 4) is 16.9 Å². The molecule has 0 spiro atoms. The van der Waals surface area contributed by atoms with Crippen LogP contribution in [0.25, 0.3) is 11.1 Å². The minimum atomic E-state index is -0.112. The van der Waals surface area contributed by atoms with E-state index in [1.165, 1.54) is 16.7 Å². The zero-order chi connectivity index (χ0) is 17.1. The van der Waals surface area contributed by atoms with Gasteiger partial charge in [-0.1, -0.05) is 30.3 Å². The molecule has 3 N–H and O–H groups in total. The van der Waals surface area contributed by atoms with Crippen molar-refractivity contribution in [1.82, 2.24) is 5.32 Å². The quantitative estimate of drug-likeness (QED) is 0.858. The van der Waals surface area contributed by atoms with Crippen molar-refractivity contribution in [2.75, 3.05) is 0 Å². The van der Waals surface area contributed by atoms with Crippen LogP contribution < -0.4 is 15.8 Å². The number of rotatable bonds is 5. The van der Waals surface area contributed by atoms with Crippen molar-refractivity contribution >= 4 is 18.3 Å². The van der Waals surface area contributed by atoms with Gasteiger partial charge in [0.2, 0.25) is 5.91 Å². The summed E-state index contributed by atoms with van der Waals surface area (Å²) >= 11 is 0. The largest absolute Gasteiger partial charge is 0.490 e. The van der Waals surface area contributed by atoms with Crippen LogP contribution in [-0.2, 0) is 17.8 Å². The fourth-order valence-electron chi connectivity index (χ4n) is 2.98. The van der Waals surface area contributed by atoms with Gasteiger partial charge in [0.15, 0.2) is 0 Å². The highest BCUT2D eigenvalue weighted by atomic mass is 35.5. The number of halogens is 1. The third kappa shape index (κ3) is 4.97. The standard InChI is InChI=1S/C20H24N2O2.ClH/c1-13(21)9-20(23)22-12-15-3-5-16(6-4-15)17-7-8-19-18(11-17)10-14(2)24-19;/h3-8,11,13-14H,9-10,12,21H2,1-2H3,(H,22,23);1H. The zero-order valence-corrected chi connectivity index (χ0v) is 15.4. The summed E-state index contributed by atoms with van der Waals surface area (Å²) in [4.78, 5) is 11.6. The lowest BCUT2D eigenvalue weighted by Crippen LogP contribution is -2.29. The third-order valence-corrected chi connectivity index (χ3v) is 4.18. The lowest BCUT2D eigenvalue weighted by molar-refractivity contribution is -0.121. The van der Waals surface area contributed by atoms with Crippen molar-refractivity contribution in [3.05, 3.63) is 53.6 Å².